The molecule has 3 rings (SSSR count). The normalized spacial score (nSPS) is 13.6. The maximum atomic E-state index is 6.11. The molecule has 20 heavy (non-hydrogen) atoms. The van der Waals surface area contributed by atoms with Gasteiger partial charge in [-0.25, -0.2) is 0 Å². The van der Waals surface area contributed by atoms with Gasteiger partial charge >= 0.3 is 0 Å². The van der Waals surface area contributed by atoms with Gasteiger partial charge < -0.3 is 15.2 Å². The average molecular weight is 273 g/mol. The topological polar surface area (TPSA) is 62.3 Å². The number of aromatic nitrogens is 2. The highest BCUT2D eigenvalue weighted by Crippen LogP contribution is 2.34. The minimum absolute atomic E-state index is 0.572. The van der Waals surface area contributed by atoms with E-state index in [1.54, 1.807) is 0 Å². The van der Waals surface area contributed by atoms with Crippen molar-refractivity contribution in [3.8, 4) is 11.5 Å². The molecule has 2 heterocycles. The second-order valence-corrected chi connectivity index (χ2v) is 5.15. The summed E-state index contributed by atoms with van der Waals surface area (Å²) in [4.78, 5) is 0. The quantitative estimate of drug-likeness (QED) is 0.852. The van der Waals surface area contributed by atoms with Gasteiger partial charge in [-0.15, -0.1) is 0 Å². The third kappa shape index (κ3) is 2.09. The van der Waals surface area contributed by atoms with Gasteiger partial charge in [-0.1, -0.05) is 0 Å². The number of hydrogen-bond donors (Lipinski definition) is 1. The number of anilines is 1. The van der Waals surface area contributed by atoms with E-state index in [-0.39, 0.29) is 0 Å². The Morgan fingerprint density at radius 3 is 2.40 bits per heavy atom. The molecule has 0 atom stereocenters. The number of nitrogens with two attached hydrogens (primary N) is 1. The first-order valence-corrected chi connectivity index (χ1v) is 6.75. The van der Waals surface area contributed by atoms with Crippen LogP contribution in [0, 0.1) is 20.8 Å². The van der Waals surface area contributed by atoms with Crippen LogP contribution in [0.5, 0.6) is 11.5 Å². The zero-order valence-electron chi connectivity index (χ0n) is 12.1. The van der Waals surface area contributed by atoms with Gasteiger partial charge in [0.25, 0.3) is 0 Å². The van der Waals surface area contributed by atoms with Crippen molar-refractivity contribution < 1.29 is 9.47 Å². The van der Waals surface area contributed by atoms with Crippen LogP contribution in [0.15, 0.2) is 12.1 Å². The van der Waals surface area contributed by atoms with Crippen LogP contribution >= 0.6 is 0 Å². The number of rotatable bonds is 2. The Labute approximate surface area is 118 Å². The van der Waals surface area contributed by atoms with Crippen LogP contribution in [0.25, 0.3) is 0 Å². The summed E-state index contributed by atoms with van der Waals surface area (Å²) in [5.41, 5.74) is 11.3. The molecule has 0 saturated carbocycles. The van der Waals surface area contributed by atoms with Crippen molar-refractivity contribution >= 4 is 5.69 Å². The molecule has 1 aliphatic rings. The maximum absolute atomic E-state index is 6.11. The fraction of sp³-hybridized carbons (Fsp3) is 0.400. The van der Waals surface area contributed by atoms with Crippen molar-refractivity contribution in [2.45, 2.75) is 27.3 Å². The van der Waals surface area contributed by atoms with Crippen molar-refractivity contribution in [3.63, 3.8) is 0 Å². The van der Waals surface area contributed by atoms with Crippen molar-refractivity contribution in [1.29, 1.82) is 0 Å². The molecule has 0 radical (unpaired) electrons. The summed E-state index contributed by atoms with van der Waals surface area (Å²) in [6, 6.07) is 3.79. The Hall–Kier alpha value is -2.17. The largest absolute Gasteiger partial charge is 0.486 e. The molecule has 0 spiro atoms. The van der Waals surface area contributed by atoms with E-state index in [4.69, 9.17) is 15.2 Å². The molecule has 1 aromatic carbocycles. The first kappa shape index (κ1) is 12.8. The highest BCUT2D eigenvalue weighted by atomic mass is 16.6. The molecule has 0 aliphatic carbocycles. The number of aryl methyl sites for hydroxylation is 1. The van der Waals surface area contributed by atoms with Gasteiger partial charge in [0.05, 0.1) is 12.2 Å². The number of nitrogens with zero attached hydrogens (tertiary/aromatic N) is 2. The molecule has 0 unspecified atom stereocenters. The number of hydrogen-bond acceptors (Lipinski definition) is 4. The van der Waals surface area contributed by atoms with E-state index in [2.05, 4.69) is 18.9 Å². The molecule has 1 aromatic heterocycles. The predicted molar refractivity (Wildman–Crippen MR) is 77.4 cm³/mol. The fourth-order valence-corrected chi connectivity index (χ4v) is 2.39. The lowest BCUT2D eigenvalue weighted by Crippen LogP contribution is -2.16. The summed E-state index contributed by atoms with van der Waals surface area (Å²) in [5.74, 6) is 1.49. The van der Waals surface area contributed by atoms with Gasteiger partial charge in [0.2, 0.25) is 0 Å². The molecule has 106 valence electrons. The Kier molecular flexibility index (Phi) is 3.04. The minimum atomic E-state index is 0.572. The van der Waals surface area contributed by atoms with Gasteiger partial charge in [0.15, 0.2) is 11.5 Å². The van der Waals surface area contributed by atoms with Crippen LogP contribution in [0.1, 0.15) is 22.5 Å². The van der Waals surface area contributed by atoms with Crippen molar-refractivity contribution in [3.05, 3.63) is 34.6 Å². The lowest BCUT2D eigenvalue weighted by Gasteiger charge is -2.20. The van der Waals surface area contributed by atoms with Gasteiger partial charge in [-0.2, -0.15) is 5.10 Å². The molecule has 5 heteroatoms. The van der Waals surface area contributed by atoms with Crippen LogP contribution in [-0.4, -0.2) is 23.0 Å². The number of fused-ring (bicyclic) bond motifs is 1. The SMILES string of the molecule is Cc1nn(Cc2cc3c(cc2N)OCCO3)c(C)c1C. The molecule has 5 nitrogen and oxygen atoms in total. The summed E-state index contributed by atoms with van der Waals surface area (Å²) >= 11 is 0. The van der Waals surface area contributed by atoms with Crippen molar-refractivity contribution in [2.24, 2.45) is 0 Å². The van der Waals surface area contributed by atoms with E-state index in [0.29, 0.717) is 25.4 Å². The van der Waals surface area contributed by atoms with Crippen LogP contribution in [0.4, 0.5) is 5.69 Å². The maximum Gasteiger partial charge on any atom is 0.163 e. The van der Waals surface area contributed by atoms with E-state index >= 15 is 0 Å². The monoisotopic (exact) mass is 273 g/mol. The van der Waals surface area contributed by atoms with Gasteiger partial charge in [0.1, 0.15) is 13.2 Å². The van der Waals surface area contributed by atoms with Gasteiger partial charge in [0, 0.05) is 23.0 Å². The first-order chi connectivity index (χ1) is 9.56. The van der Waals surface area contributed by atoms with E-state index in [0.717, 1.165) is 28.5 Å². The van der Waals surface area contributed by atoms with Crippen molar-refractivity contribution in [1.82, 2.24) is 9.78 Å². The van der Waals surface area contributed by atoms with Crippen molar-refractivity contribution in [2.75, 3.05) is 18.9 Å². The zero-order valence-corrected chi connectivity index (χ0v) is 12.1. The van der Waals surface area contributed by atoms with Crippen LogP contribution in [-0.2, 0) is 6.54 Å². The number of benzene rings is 1. The van der Waals surface area contributed by atoms with E-state index in [1.165, 1.54) is 5.56 Å². The molecular weight excluding hydrogens is 254 g/mol. The smallest absolute Gasteiger partial charge is 0.163 e. The summed E-state index contributed by atoms with van der Waals surface area (Å²) in [6.45, 7) is 7.97. The number of ether oxygens (including phenoxy) is 2. The summed E-state index contributed by atoms with van der Waals surface area (Å²) in [6.07, 6.45) is 0. The Balaban J connectivity index is 1.96. The first-order valence-electron chi connectivity index (χ1n) is 6.75. The Morgan fingerprint density at radius 2 is 1.80 bits per heavy atom. The third-order valence-corrected chi connectivity index (χ3v) is 3.87. The minimum Gasteiger partial charge on any atom is -0.486 e. The number of nitrogen functional groups attached to an aromatic ring is 1. The average Bonchev–Trinajstić information content (AvgIpc) is 2.67. The third-order valence-electron chi connectivity index (χ3n) is 3.87. The predicted octanol–water partition coefficient (Wildman–Crippen LogP) is 2.21. The van der Waals surface area contributed by atoms with E-state index in [1.807, 2.05) is 23.7 Å². The molecule has 0 bridgehead atoms. The highest BCUT2D eigenvalue weighted by molar-refractivity contribution is 5.58. The summed E-state index contributed by atoms with van der Waals surface area (Å²) in [5, 5.41) is 4.55. The Bertz CT molecular complexity index is 662. The molecule has 1 aliphatic heterocycles. The van der Waals surface area contributed by atoms with Crippen LogP contribution < -0.4 is 15.2 Å². The molecular formula is C15H19N3O2. The van der Waals surface area contributed by atoms with E-state index < -0.39 is 0 Å². The second kappa shape index (κ2) is 4.74. The molecule has 0 saturated heterocycles. The molecule has 0 amide bonds. The summed E-state index contributed by atoms with van der Waals surface area (Å²) < 4.78 is 13.1. The lowest BCUT2D eigenvalue weighted by atomic mass is 10.1. The standard InChI is InChI=1S/C15H19N3O2/c1-9-10(2)17-18(11(9)3)8-12-6-14-15(7-13(12)16)20-5-4-19-14/h6-7H,4-5,8,16H2,1-3H3. The molecule has 2 N–H and O–H groups in total. The zero-order chi connectivity index (χ0) is 14.3. The van der Waals surface area contributed by atoms with Crippen LogP contribution in [0.3, 0.4) is 0 Å². The second-order valence-electron chi connectivity index (χ2n) is 5.15. The van der Waals surface area contributed by atoms with Gasteiger partial charge in [-0.3, -0.25) is 4.68 Å². The molecule has 2 aromatic rings. The van der Waals surface area contributed by atoms with Gasteiger partial charge in [-0.05, 0) is 32.4 Å². The molecule has 0 fully saturated rings. The Morgan fingerprint density at radius 1 is 1.15 bits per heavy atom. The fourth-order valence-electron chi connectivity index (χ4n) is 2.39. The highest BCUT2D eigenvalue weighted by Gasteiger charge is 2.16. The lowest BCUT2D eigenvalue weighted by molar-refractivity contribution is 0.171. The summed E-state index contributed by atoms with van der Waals surface area (Å²) in [7, 11) is 0. The van der Waals surface area contributed by atoms with Crippen LogP contribution in [0.2, 0.25) is 0 Å². The van der Waals surface area contributed by atoms with E-state index in [9.17, 15) is 0 Å².